The first-order valence-electron chi connectivity index (χ1n) is 19.7. The molecule has 0 aliphatic carbocycles. The molecule has 4 saturated heterocycles. The molecule has 0 aromatic rings. The minimum atomic E-state index is -2.93. The molecule has 0 aromatic heterocycles. The number of amides is 4. The summed E-state index contributed by atoms with van der Waals surface area (Å²) in [6, 6.07) is -6.44. The third-order valence-electron chi connectivity index (χ3n) is 10.8. The summed E-state index contributed by atoms with van der Waals surface area (Å²) in [5.74, 6) is -7.92. The van der Waals surface area contributed by atoms with Crippen LogP contribution in [0.15, 0.2) is 0 Å². The number of carbonyl (C=O) groups is 5. The molecule has 4 amide bonds. The van der Waals surface area contributed by atoms with Gasteiger partial charge >= 0.3 is 5.97 Å². The SMILES string of the molecule is CC(=O)N[C@H]1[C@H](O[C@H]2[C@H](O)[C@@H](NC(C)=O)C(O)O[C@@H]2CO)O[C@H](CO)[C@@H](O[C@@H]2O[C@H](CO[C@]3(C(=O)O)C[C@H](O)[C@@H](NC(C)=O)[C@H]([C@H](O)[C@H](O)CO)O3)[C@@H](O)[C@H](O)[C@H]2NC(C)=O)[C@@H]1O. The zero-order valence-electron chi connectivity index (χ0n) is 34.3. The maximum absolute atomic E-state index is 12.7. The second-order valence-corrected chi connectivity index (χ2v) is 15.5. The summed E-state index contributed by atoms with van der Waals surface area (Å²) in [4.78, 5) is 61.1. The van der Waals surface area contributed by atoms with Crippen LogP contribution in [0.25, 0.3) is 0 Å². The maximum atomic E-state index is 12.7. The van der Waals surface area contributed by atoms with E-state index in [9.17, 15) is 85.3 Å². The van der Waals surface area contributed by atoms with Gasteiger partial charge in [0.25, 0.3) is 5.79 Å². The lowest BCUT2D eigenvalue weighted by atomic mass is 9.88. The second-order valence-electron chi connectivity index (χ2n) is 15.5. The predicted molar refractivity (Wildman–Crippen MR) is 197 cm³/mol. The van der Waals surface area contributed by atoms with E-state index in [2.05, 4.69) is 21.3 Å². The van der Waals surface area contributed by atoms with E-state index in [0.29, 0.717) is 0 Å². The van der Waals surface area contributed by atoms with Crippen molar-refractivity contribution in [2.45, 2.75) is 162 Å². The van der Waals surface area contributed by atoms with E-state index < -0.39 is 191 Å². The zero-order valence-corrected chi connectivity index (χ0v) is 34.3. The van der Waals surface area contributed by atoms with Crippen LogP contribution in [0, 0.1) is 0 Å². The van der Waals surface area contributed by atoms with Gasteiger partial charge in [-0.25, -0.2) is 4.79 Å². The van der Waals surface area contributed by atoms with E-state index in [1.165, 1.54) is 0 Å². The number of hydrogen-bond acceptors (Lipinski definition) is 23. The fraction of sp³-hybridized carbons (Fsp3) is 0.857. The van der Waals surface area contributed by atoms with Crippen molar-refractivity contribution in [2.75, 3.05) is 26.4 Å². The van der Waals surface area contributed by atoms with Gasteiger partial charge in [-0.1, -0.05) is 0 Å². The molecule has 0 aromatic carbocycles. The first kappa shape index (κ1) is 52.3. The molecule has 4 aliphatic heterocycles. The molecule has 4 rings (SSSR count). The number of nitrogens with one attached hydrogen (secondary N) is 4. The van der Waals surface area contributed by atoms with Crippen LogP contribution in [0.2, 0.25) is 0 Å². The van der Waals surface area contributed by atoms with Gasteiger partial charge in [-0.15, -0.1) is 0 Å². The Morgan fingerprint density at radius 3 is 1.56 bits per heavy atom. The van der Waals surface area contributed by atoms with Gasteiger partial charge < -0.3 is 116 Å². The van der Waals surface area contributed by atoms with Crippen molar-refractivity contribution >= 4 is 29.6 Å². The van der Waals surface area contributed by atoms with Crippen LogP contribution in [0.4, 0.5) is 0 Å². The number of aliphatic carboxylic acids is 1. The quantitative estimate of drug-likeness (QED) is 0.0644. The summed E-state index contributed by atoms with van der Waals surface area (Å²) in [6.07, 6.45) is -30.7. The van der Waals surface area contributed by atoms with Gasteiger partial charge in [0.1, 0.15) is 91.4 Å². The first-order valence-corrected chi connectivity index (χ1v) is 19.7. The highest BCUT2D eigenvalue weighted by Crippen LogP contribution is 2.36. The average molecular weight is 919 g/mol. The van der Waals surface area contributed by atoms with Gasteiger partial charge in [0.15, 0.2) is 18.9 Å². The van der Waals surface area contributed by atoms with Crippen molar-refractivity contribution in [3.05, 3.63) is 0 Å². The topological polar surface area (TPSA) is 441 Å². The Hall–Kier alpha value is -3.37. The zero-order chi connectivity index (χ0) is 47.2. The van der Waals surface area contributed by atoms with Crippen LogP contribution in [-0.2, 0) is 57.1 Å². The summed E-state index contributed by atoms with van der Waals surface area (Å²) in [6.45, 7) is 0.188. The molecule has 28 heteroatoms. The highest BCUT2D eigenvalue weighted by Gasteiger charge is 2.58. The number of hydrogen-bond donors (Lipinski definition) is 16. The minimum Gasteiger partial charge on any atom is -0.477 e. The molecule has 21 atom stereocenters. The molecule has 28 nitrogen and oxygen atoms in total. The summed E-state index contributed by atoms with van der Waals surface area (Å²) >= 11 is 0. The molecule has 0 bridgehead atoms. The standard InChI is InChI=1S/C35H58N4O24/c1-10(43)36-19-14(47)5-35(34(55)56,63-30(19)23(49)15(48)6-40)57-9-18-24(50)25(51)21(38-12(3)45)32(60-18)62-29-17(8-42)59-33(22(27(29)53)39-13(4)46)61-28-16(7-41)58-31(54)20(26(28)52)37-11(2)44/h14-33,40-42,47-54H,5-9H2,1-4H3,(H,36,43)(H,37,44)(H,38,45)(H,39,46)(H,55,56)/t14-,15+,16+,17+,18+,19+,20+,21+,22+,23+,24+,25+,26+,27+,28+,29+,30+,31?,32-,33-,35+/m0/s1. The van der Waals surface area contributed by atoms with Crippen LogP contribution >= 0.6 is 0 Å². The molecule has 63 heavy (non-hydrogen) atoms. The summed E-state index contributed by atoms with van der Waals surface area (Å²) in [5, 5.41) is 137. The van der Waals surface area contributed by atoms with Crippen molar-refractivity contribution < 1.29 is 118 Å². The Balaban J connectivity index is 1.63. The Kier molecular flexibility index (Phi) is 18.4. The number of carboxylic acids is 1. The van der Waals surface area contributed by atoms with Gasteiger partial charge in [-0.2, -0.15) is 0 Å². The van der Waals surface area contributed by atoms with Crippen LogP contribution in [0.3, 0.4) is 0 Å². The van der Waals surface area contributed by atoms with Crippen LogP contribution in [0.1, 0.15) is 34.1 Å². The molecule has 0 spiro atoms. The monoisotopic (exact) mass is 918 g/mol. The Labute approximate surface area is 357 Å². The largest absolute Gasteiger partial charge is 0.477 e. The van der Waals surface area contributed by atoms with E-state index in [0.717, 1.165) is 27.7 Å². The van der Waals surface area contributed by atoms with Crippen molar-refractivity contribution in [2.24, 2.45) is 0 Å². The molecule has 4 aliphatic rings. The van der Waals surface area contributed by atoms with E-state index in [1.807, 2.05) is 0 Å². The molecule has 0 radical (unpaired) electrons. The fourth-order valence-corrected chi connectivity index (χ4v) is 7.76. The van der Waals surface area contributed by atoms with Gasteiger partial charge in [0.05, 0.1) is 38.6 Å². The number of carbonyl (C=O) groups excluding carboxylic acids is 4. The van der Waals surface area contributed by atoms with Gasteiger partial charge in [0.2, 0.25) is 23.6 Å². The van der Waals surface area contributed by atoms with Crippen molar-refractivity contribution in [3.8, 4) is 0 Å². The number of ether oxygens (including phenoxy) is 7. The van der Waals surface area contributed by atoms with E-state index >= 15 is 0 Å². The third-order valence-corrected chi connectivity index (χ3v) is 10.8. The molecule has 0 saturated carbocycles. The smallest absolute Gasteiger partial charge is 0.364 e. The molecule has 362 valence electrons. The number of rotatable bonds is 17. The lowest BCUT2D eigenvalue weighted by Gasteiger charge is -2.50. The van der Waals surface area contributed by atoms with Gasteiger partial charge in [0, 0.05) is 34.1 Å². The second kappa shape index (κ2) is 22.2. The van der Waals surface area contributed by atoms with E-state index in [-0.39, 0.29) is 0 Å². The summed E-state index contributed by atoms with van der Waals surface area (Å²) < 4.78 is 40.1. The Bertz CT molecular complexity index is 1580. The fourth-order valence-electron chi connectivity index (χ4n) is 7.76. The summed E-state index contributed by atoms with van der Waals surface area (Å²) in [5.41, 5.74) is 0. The minimum absolute atomic E-state index is 0.694. The molecular formula is C35H58N4O24. The Morgan fingerprint density at radius 2 is 1.08 bits per heavy atom. The average Bonchev–Trinajstić information content (AvgIpc) is 3.21. The summed E-state index contributed by atoms with van der Waals surface area (Å²) in [7, 11) is 0. The van der Waals surface area contributed by atoms with Gasteiger partial charge in [-0.3, -0.25) is 19.2 Å². The van der Waals surface area contributed by atoms with Gasteiger partial charge in [-0.05, 0) is 0 Å². The molecule has 1 unspecified atom stereocenters. The van der Waals surface area contributed by atoms with Crippen LogP contribution in [-0.4, -0.2) is 245 Å². The van der Waals surface area contributed by atoms with Crippen molar-refractivity contribution in [1.29, 1.82) is 0 Å². The highest BCUT2D eigenvalue weighted by atomic mass is 16.8. The Morgan fingerprint density at radius 1 is 0.635 bits per heavy atom. The molecule has 4 fully saturated rings. The van der Waals surface area contributed by atoms with Crippen LogP contribution < -0.4 is 21.3 Å². The maximum Gasteiger partial charge on any atom is 0.364 e. The first-order chi connectivity index (χ1) is 29.5. The number of carboxylic acid groups (broad SMARTS) is 1. The van der Waals surface area contributed by atoms with E-state index in [1.54, 1.807) is 0 Å². The lowest BCUT2D eigenvalue weighted by molar-refractivity contribution is -0.357. The third kappa shape index (κ3) is 12.1. The highest BCUT2D eigenvalue weighted by molar-refractivity contribution is 5.77. The van der Waals surface area contributed by atoms with Crippen molar-refractivity contribution in [1.82, 2.24) is 21.3 Å². The normalized spacial score (nSPS) is 41.7. The van der Waals surface area contributed by atoms with Crippen molar-refractivity contribution in [3.63, 3.8) is 0 Å². The predicted octanol–water partition coefficient (Wildman–Crippen LogP) is -9.97. The number of aliphatic hydroxyl groups is 11. The molecule has 16 N–H and O–H groups in total. The lowest BCUT2D eigenvalue weighted by Crippen LogP contribution is -2.71. The van der Waals surface area contributed by atoms with Crippen LogP contribution in [0.5, 0.6) is 0 Å². The number of aliphatic hydroxyl groups excluding tert-OH is 11. The molecule has 4 heterocycles. The van der Waals surface area contributed by atoms with E-state index in [4.69, 9.17) is 33.2 Å². The molecular weight excluding hydrogens is 860 g/mol.